The van der Waals surface area contributed by atoms with Crippen molar-refractivity contribution in [3.63, 3.8) is 0 Å². The lowest BCUT2D eigenvalue weighted by atomic mass is 10.2. The first-order valence-corrected chi connectivity index (χ1v) is 11.1. The minimum absolute atomic E-state index is 0.0381. The zero-order chi connectivity index (χ0) is 23.5. The number of benzene rings is 3. The first-order chi connectivity index (χ1) is 15.1. The molecule has 0 atom stereocenters. The van der Waals surface area contributed by atoms with E-state index in [1.807, 2.05) is 0 Å². The molecule has 0 heterocycles. The number of carbonyl (C=O) groups is 1. The van der Waals surface area contributed by atoms with Crippen molar-refractivity contribution in [2.24, 2.45) is 0 Å². The Morgan fingerprint density at radius 2 is 1.56 bits per heavy atom. The van der Waals surface area contributed by atoms with E-state index in [4.69, 9.17) is 11.6 Å². The molecule has 0 spiro atoms. The highest BCUT2D eigenvalue weighted by Crippen LogP contribution is 2.22. The molecule has 0 bridgehead atoms. The van der Waals surface area contributed by atoms with Crippen molar-refractivity contribution in [1.82, 2.24) is 4.31 Å². The van der Waals surface area contributed by atoms with Crippen LogP contribution < -0.4 is 5.32 Å². The number of sulfonamides is 1. The first-order valence-electron chi connectivity index (χ1n) is 9.32. The molecule has 0 saturated carbocycles. The molecule has 10 heteroatoms. The van der Waals surface area contributed by atoms with Crippen molar-refractivity contribution in [3.8, 4) is 0 Å². The maximum atomic E-state index is 13.9. The molecule has 0 aliphatic carbocycles. The number of amides is 1. The van der Waals surface area contributed by atoms with Gasteiger partial charge in [0.05, 0.1) is 17.1 Å². The predicted molar refractivity (Wildman–Crippen MR) is 115 cm³/mol. The number of nitrogens with zero attached hydrogens (tertiary/aromatic N) is 1. The molecule has 5 nitrogen and oxygen atoms in total. The van der Waals surface area contributed by atoms with Gasteiger partial charge in [0.2, 0.25) is 15.9 Å². The topological polar surface area (TPSA) is 66.5 Å². The number of hydrogen-bond donors (Lipinski definition) is 1. The summed E-state index contributed by atoms with van der Waals surface area (Å²) in [6, 6.07) is 13.9. The summed E-state index contributed by atoms with van der Waals surface area (Å²) in [5.74, 6) is -5.66. The molecule has 168 valence electrons. The normalized spacial score (nSPS) is 11.6. The summed E-state index contributed by atoms with van der Waals surface area (Å²) in [5, 5.41) is 2.54. The fourth-order valence-corrected chi connectivity index (χ4v) is 4.36. The minimum atomic E-state index is -4.13. The van der Waals surface area contributed by atoms with E-state index < -0.39 is 45.6 Å². The van der Waals surface area contributed by atoms with Crippen LogP contribution in [0.4, 0.5) is 18.9 Å². The highest BCUT2D eigenvalue weighted by molar-refractivity contribution is 7.89. The Balaban J connectivity index is 1.89. The molecule has 0 aliphatic rings. The highest BCUT2D eigenvalue weighted by atomic mass is 35.5. The largest absolute Gasteiger partial charge is 0.322 e. The van der Waals surface area contributed by atoms with Gasteiger partial charge < -0.3 is 5.32 Å². The second-order valence-electron chi connectivity index (χ2n) is 6.98. The van der Waals surface area contributed by atoms with Crippen molar-refractivity contribution in [2.75, 3.05) is 11.9 Å². The number of nitrogens with one attached hydrogen (secondary N) is 1. The van der Waals surface area contributed by atoms with Crippen LogP contribution in [0.15, 0.2) is 65.6 Å². The van der Waals surface area contributed by atoms with Gasteiger partial charge in [-0.15, -0.1) is 0 Å². The summed E-state index contributed by atoms with van der Waals surface area (Å²) in [6.45, 7) is 0.921. The summed E-state index contributed by atoms with van der Waals surface area (Å²) in [7, 11) is -4.13. The van der Waals surface area contributed by atoms with Crippen molar-refractivity contribution < 1.29 is 26.4 Å². The standard InChI is InChI=1S/C22H18ClF3N2O3S/c1-14-2-8-17(9-3-14)32(30,31)28(12-15-4-6-16(23)7-5-15)13-20(29)27-19-11-10-18(24)21(25)22(19)26/h2-11H,12-13H2,1H3,(H,27,29). The summed E-state index contributed by atoms with van der Waals surface area (Å²) >= 11 is 5.87. The molecule has 1 N–H and O–H groups in total. The van der Waals surface area contributed by atoms with E-state index in [1.165, 1.54) is 12.1 Å². The van der Waals surface area contributed by atoms with Gasteiger partial charge in [-0.05, 0) is 48.9 Å². The lowest BCUT2D eigenvalue weighted by Crippen LogP contribution is -2.37. The summed E-state index contributed by atoms with van der Waals surface area (Å²) < 4.78 is 67.8. The average Bonchev–Trinajstić information content (AvgIpc) is 2.75. The van der Waals surface area contributed by atoms with Crippen LogP contribution in [0.25, 0.3) is 0 Å². The maximum absolute atomic E-state index is 13.9. The summed E-state index contributed by atoms with van der Waals surface area (Å²) in [5.41, 5.74) is 0.796. The van der Waals surface area contributed by atoms with Crippen molar-refractivity contribution in [3.05, 3.63) is 94.3 Å². The smallest absolute Gasteiger partial charge is 0.243 e. The molecular weight excluding hydrogens is 465 g/mol. The summed E-state index contributed by atoms with van der Waals surface area (Å²) in [6.07, 6.45) is 0. The zero-order valence-electron chi connectivity index (χ0n) is 16.8. The second kappa shape index (κ2) is 9.72. The van der Waals surface area contributed by atoms with Crippen LogP contribution in [-0.4, -0.2) is 25.2 Å². The van der Waals surface area contributed by atoms with E-state index in [2.05, 4.69) is 5.32 Å². The highest BCUT2D eigenvalue weighted by Gasteiger charge is 2.27. The molecular formula is C22H18ClF3N2O3S. The van der Waals surface area contributed by atoms with Crippen LogP contribution in [0, 0.1) is 24.4 Å². The molecule has 3 rings (SSSR count). The number of rotatable bonds is 7. The molecule has 0 aliphatic heterocycles. The molecule has 0 unspecified atom stereocenters. The van der Waals surface area contributed by atoms with Crippen LogP contribution in [0.2, 0.25) is 5.02 Å². The lowest BCUT2D eigenvalue weighted by molar-refractivity contribution is -0.116. The van der Waals surface area contributed by atoms with Gasteiger partial charge in [-0.3, -0.25) is 4.79 Å². The number of carbonyl (C=O) groups excluding carboxylic acids is 1. The molecule has 0 fully saturated rings. The van der Waals surface area contributed by atoms with Crippen LogP contribution in [0.3, 0.4) is 0 Å². The number of halogens is 4. The second-order valence-corrected chi connectivity index (χ2v) is 9.36. The summed E-state index contributed by atoms with van der Waals surface area (Å²) in [4.78, 5) is 12.5. The van der Waals surface area contributed by atoms with Crippen LogP contribution in [0.1, 0.15) is 11.1 Å². The average molecular weight is 483 g/mol. The fraction of sp³-hybridized carbons (Fsp3) is 0.136. The third-order valence-corrected chi connectivity index (χ3v) is 6.62. The first kappa shape index (κ1) is 23.8. The molecule has 32 heavy (non-hydrogen) atoms. The Morgan fingerprint density at radius 3 is 2.19 bits per heavy atom. The molecule has 3 aromatic carbocycles. The van der Waals surface area contributed by atoms with E-state index in [0.29, 0.717) is 16.7 Å². The van der Waals surface area contributed by atoms with E-state index in [-0.39, 0.29) is 11.4 Å². The van der Waals surface area contributed by atoms with Crippen molar-refractivity contribution in [2.45, 2.75) is 18.4 Å². The van der Waals surface area contributed by atoms with Gasteiger partial charge in [-0.2, -0.15) is 4.31 Å². The Bertz CT molecular complexity index is 1230. The van der Waals surface area contributed by atoms with Crippen LogP contribution >= 0.6 is 11.6 Å². The van der Waals surface area contributed by atoms with E-state index in [1.54, 1.807) is 43.3 Å². The van der Waals surface area contributed by atoms with E-state index in [9.17, 15) is 26.4 Å². The molecule has 0 radical (unpaired) electrons. The monoisotopic (exact) mass is 482 g/mol. The Labute approximate surface area is 188 Å². The molecule has 1 amide bonds. The maximum Gasteiger partial charge on any atom is 0.243 e. The Hall–Kier alpha value is -2.88. The molecule has 3 aromatic rings. The van der Waals surface area contributed by atoms with Gasteiger partial charge in [0.25, 0.3) is 0 Å². The number of aryl methyl sites for hydroxylation is 1. The van der Waals surface area contributed by atoms with Crippen LogP contribution in [-0.2, 0) is 21.4 Å². The van der Waals surface area contributed by atoms with Gasteiger partial charge in [0, 0.05) is 11.6 Å². The molecule has 0 saturated heterocycles. The van der Waals surface area contributed by atoms with Gasteiger partial charge in [-0.25, -0.2) is 21.6 Å². The molecule has 0 aromatic heterocycles. The zero-order valence-corrected chi connectivity index (χ0v) is 18.4. The minimum Gasteiger partial charge on any atom is -0.322 e. The Kier molecular flexibility index (Phi) is 7.22. The van der Waals surface area contributed by atoms with Gasteiger partial charge in [-0.1, -0.05) is 41.4 Å². The van der Waals surface area contributed by atoms with Gasteiger partial charge >= 0.3 is 0 Å². The Morgan fingerprint density at radius 1 is 0.938 bits per heavy atom. The lowest BCUT2D eigenvalue weighted by Gasteiger charge is -2.22. The fourth-order valence-electron chi connectivity index (χ4n) is 2.85. The van der Waals surface area contributed by atoms with E-state index in [0.717, 1.165) is 15.9 Å². The van der Waals surface area contributed by atoms with Crippen LogP contribution in [0.5, 0.6) is 0 Å². The number of hydrogen-bond acceptors (Lipinski definition) is 3. The van der Waals surface area contributed by atoms with Crippen molar-refractivity contribution in [1.29, 1.82) is 0 Å². The number of anilines is 1. The van der Waals surface area contributed by atoms with Gasteiger partial charge in [0.15, 0.2) is 17.5 Å². The quantitative estimate of drug-likeness (QED) is 0.487. The third-order valence-electron chi connectivity index (χ3n) is 4.56. The SMILES string of the molecule is Cc1ccc(S(=O)(=O)N(CC(=O)Nc2ccc(F)c(F)c2F)Cc2ccc(Cl)cc2)cc1. The van der Waals surface area contributed by atoms with E-state index >= 15 is 0 Å². The predicted octanol–water partition coefficient (Wildman–Crippen LogP) is 4.90. The third kappa shape index (κ3) is 5.48. The van der Waals surface area contributed by atoms with Gasteiger partial charge in [0.1, 0.15) is 0 Å². The van der Waals surface area contributed by atoms with Crippen molar-refractivity contribution >= 4 is 33.2 Å².